The third-order valence-corrected chi connectivity index (χ3v) is 8.96. The summed E-state index contributed by atoms with van der Waals surface area (Å²) in [6.45, 7) is 22.6. The van der Waals surface area contributed by atoms with Crippen molar-refractivity contribution in [2.24, 2.45) is 0 Å². The largest absolute Gasteiger partial charge is 0.166 e. The van der Waals surface area contributed by atoms with Gasteiger partial charge in [-0.25, -0.2) is 0 Å². The molecule has 0 aliphatic heterocycles. The Labute approximate surface area is 223 Å². The average molecular weight is 508 g/mol. The Morgan fingerprint density at radius 3 is 0.829 bits per heavy atom. The van der Waals surface area contributed by atoms with E-state index in [0.717, 1.165) is 0 Å². The first-order chi connectivity index (χ1) is 16.2. The van der Waals surface area contributed by atoms with Crippen LogP contribution < -0.4 is 0 Å². The third kappa shape index (κ3) is 8.46. The fourth-order valence-electron chi connectivity index (χ4n) is 3.68. The van der Waals surface area contributed by atoms with Crippen molar-refractivity contribution in [2.75, 3.05) is 12.0 Å². The number of hydrogen-bond donors (Lipinski definition) is 0. The van der Waals surface area contributed by atoms with Crippen LogP contribution in [0.15, 0.2) is 87.5 Å². The summed E-state index contributed by atoms with van der Waals surface area (Å²) in [6.07, 6.45) is 2.10. The molecule has 3 aromatic rings. The monoisotopic (exact) mass is 507 g/mol. The molecule has 190 valence electrons. The van der Waals surface area contributed by atoms with Gasteiger partial charge in [0.2, 0.25) is 0 Å². The van der Waals surface area contributed by atoms with E-state index < -0.39 is 0 Å². The second-order valence-corrected chi connectivity index (χ2v) is 15.4. The molecule has 0 fully saturated rings. The molecule has 3 rings (SSSR count). The third-order valence-electron chi connectivity index (χ3n) is 6.16. The van der Waals surface area contributed by atoms with Gasteiger partial charge in [-0.15, -0.1) is 0 Å². The normalized spacial score (nSPS) is 12.3. The Kier molecular flexibility index (Phi) is 10.2. The maximum absolute atomic E-state index is 2.33. The zero-order valence-electron chi connectivity index (χ0n) is 24.0. The zero-order chi connectivity index (χ0) is 26.4. The van der Waals surface area contributed by atoms with Crippen molar-refractivity contribution in [1.82, 2.24) is 0 Å². The van der Waals surface area contributed by atoms with E-state index in [1.54, 1.807) is 0 Å². The van der Waals surface area contributed by atoms with E-state index in [-0.39, 0.29) is 27.1 Å². The first-order valence-electron chi connectivity index (χ1n) is 12.7. The van der Waals surface area contributed by atoms with Crippen LogP contribution in [0.25, 0.3) is 0 Å². The van der Waals surface area contributed by atoms with Crippen LogP contribution in [0.3, 0.4) is 0 Å². The Hall–Kier alpha value is -1.64. The molecule has 0 aliphatic rings. The Morgan fingerprint density at radius 2 is 0.686 bits per heavy atom. The van der Waals surface area contributed by atoms with E-state index in [2.05, 4.69) is 148 Å². The molecule has 0 heterocycles. The van der Waals surface area contributed by atoms with Crippen molar-refractivity contribution < 1.29 is 0 Å². The molecule has 0 radical (unpaired) electrons. The molecule has 0 bridgehead atoms. The van der Waals surface area contributed by atoms with Crippen LogP contribution in [0, 0.1) is 0 Å². The van der Waals surface area contributed by atoms with Gasteiger partial charge >= 0.3 is 0 Å². The highest BCUT2D eigenvalue weighted by molar-refractivity contribution is 7.98. The van der Waals surface area contributed by atoms with Crippen molar-refractivity contribution in [1.29, 1.82) is 0 Å². The minimum Gasteiger partial charge on any atom is -0.166 e. The van der Waals surface area contributed by atoms with Crippen molar-refractivity contribution in [3.05, 3.63) is 89.5 Å². The summed E-state index contributed by atoms with van der Waals surface area (Å²) in [5.74, 6) is 1.24. The first-order valence-corrected chi connectivity index (χ1v) is 15.3. The van der Waals surface area contributed by atoms with Crippen LogP contribution in [0.4, 0.5) is 0 Å². The molecule has 0 aliphatic carbocycles. The van der Waals surface area contributed by atoms with Gasteiger partial charge in [-0.05, 0) is 81.3 Å². The highest BCUT2D eigenvalue weighted by atomic mass is 32.2. The smallest absolute Gasteiger partial charge is 0.166 e. The molecule has 0 nitrogen and oxygen atoms in total. The standard InChI is InChI=1S/C30H39S.C3H8S/c1-28(2,3)22-10-16-25(17-11-22)31(26-18-12-23(13-19-26)29(4,5)6)27-20-14-24(15-21-27)30(7,8)9;1-3-4-2/h10-21H,1-9H3;3H2,1-2H3/q+1;. The zero-order valence-corrected chi connectivity index (χ0v) is 25.6. The summed E-state index contributed by atoms with van der Waals surface area (Å²) < 4.78 is 0. The SMILES string of the molecule is CC(C)(C)c1ccc([S+](c2ccc(C(C)(C)C)cc2)c2ccc(C(C)(C)C)cc2)cc1.CCSC. The Bertz CT molecular complexity index is 885. The van der Waals surface area contributed by atoms with Gasteiger partial charge in [0.1, 0.15) is 0 Å². The minimum absolute atomic E-state index is 0.120. The maximum Gasteiger partial charge on any atom is 0.166 e. The van der Waals surface area contributed by atoms with Gasteiger partial charge in [0.25, 0.3) is 0 Å². The lowest BCUT2D eigenvalue weighted by Crippen LogP contribution is -2.13. The van der Waals surface area contributed by atoms with Crippen molar-refractivity contribution in [3.63, 3.8) is 0 Å². The van der Waals surface area contributed by atoms with Gasteiger partial charge in [0.15, 0.2) is 14.7 Å². The van der Waals surface area contributed by atoms with Crippen LogP contribution in [0.2, 0.25) is 0 Å². The second-order valence-electron chi connectivity index (χ2n) is 12.2. The van der Waals surface area contributed by atoms with E-state index in [0.29, 0.717) is 0 Å². The highest BCUT2D eigenvalue weighted by Crippen LogP contribution is 2.35. The molecule has 0 saturated heterocycles. The average Bonchev–Trinajstić information content (AvgIpc) is 2.79. The van der Waals surface area contributed by atoms with E-state index in [4.69, 9.17) is 0 Å². The number of thioether (sulfide) groups is 1. The second kappa shape index (κ2) is 12.1. The van der Waals surface area contributed by atoms with Crippen LogP contribution >= 0.6 is 11.8 Å². The molecule has 0 unspecified atom stereocenters. The Balaban J connectivity index is 0.00000100. The lowest BCUT2D eigenvalue weighted by Gasteiger charge is -2.21. The number of hydrogen-bond acceptors (Lipinski definition) is 1. The van der Waals surface area contributed by atoms with E-state index in [1.165, 1.54) is 37.1 Å². The molecule has 0 amide bonds. The molecule has 2 heteroatoms. The van der Waals surface area contributed by atoms with Crippen molar-refractivity contribution in [2.45, 2.75) is 100 Å². The van der Waals surface area contributed by atoms with Gasteiger partial charge in [-0.2, -0.15) is 11.8 Å². The fraction of sp³-hybridized carbons (Fsp3) is 0.455. The summed E-state index contributed by atoms with van der Waals surface area (Å²) in [4.78, 5) is 4.13. The predicted octanol–water partition coefficient (Wildman–Crippen LogP) is 10.0. The van der Waals surface area contributed by atoms with E-state index >= 15 is 0 Å². The quantitative estimate of drug-likeness (QED) is 0.316. The summed E-state index contributed by atoms with van der Waals surface area (Å²) in [5, 5.41) is 0. The van der Waals surface area contributed by atoms with Crippen molar-refractivity contribution in [3.8, 4) is 0 Å². The van der Waals surface area contributed by atoms with E-state index in [1.807, 2.05) is 11.8 Å². The van der Waals surface area contributed by atoms with Gasteiger partial charge in [0, 0.05) is 0 Å². The van der Waals surface area contributed by atoms with E-state index in [9.17, 15) is 0 Å². The van der Waals surface area contributed by atoms with Crippen LogP contribution in [-0.2, 0) is 27.1 Å². The van der Waals surface area contributed by atoms with Gasteiger partial charge < -0.3 is 0 Å². The van der Waals surface area contributed by atoms with Crippen LogP contribution in [0.5, 0.6) is 0 Å². The van der Waals surface area contributed by atoms with Crippen LogP contribution in [0.1, 0.15) is 85.9 Å². The first kappa shape index (κ1) is 29.6. The number of benzene rings is 3. The topological polar surface area (TPSA) is 0 Å². The van der Waals surface area contributed by atoms with Gasteiger partial charge in [0.05, 0.1) is 10.9 Å². The fourth-order valence-corrected chi connectivity index (χ4v) is 5.72. The van der Waals surface area contributed by atoms with Gasteiger partial charge in [-0.1, -0.05) is 106 Å². The number of rotatable bonds is 4. The molecular formula is C33H47S2+. The maximum atomic E-state index is 2.33. The van der Waals surface area contributed by atoms with Crippen molar-refractivity contribution >= 4 is 22.7 Å². The summed E-state index contributed by atoms with van der Waals surface area (Å²) in [6, 6.07) is 27.8. The highest BCUT2D eigenvalue weighted by Gasteiger charge is 2.30. The molecule has 0 aromatic heterocycles. The Morgan fingerprint density at radius 1 is 0.486 bits per heavy atom. The lowest BCUT2D eigenvalue weighted by atomic mass is 9.87. The lowest BCUT2D eigenvalue weighted by molar-refractivity contribution is 0.589. The molecule has 0 saturated carbocycles. The molecule has 3 aromatic carbocycles. The predicted molar refractivity (Wildman–Crippen MR) is 162 cm³/mol. The van der Waals surface area contributed by atoms with Gasteiger partial charge in [-0.3, -0.25) is 0 Å². The van der Waals surface area contributed by atoms with Crippen LogP contribution in [-0.4, -0.2) is 12.0 Å². The molecule has 0 spiro atoms. The molecular weight excluding hydrogens is 460 g/mol. The molecule has 0 N–H and O–H groups in total. The summed E-state index contributed by atoms with van der Waals surface area (Å²) in [5.41, 5.74) is 4.64. The summed E-state index contributed by atoms with van der Waals surface area (Å²) in [7, 11) is -0.120. The molecule has 35 heavy (non-hydrogen) atoms. The minimum atomic E-state index is -0.120. The summed E-state index contributed by atoms with van der Waals surface area (Å²) >= 11 is 1.86. The molecule has 0 atom stereocenters.